The Labute approximate surface area is 116 Å². The minimum absolute atomic E-state index is 0.0456. The van der Waals surface area contributed by atoms with Gasteiger partial charge >= 0.3 is 0 Å². The Balaban J connectivity index is 2.02. The lowest BCUT2D eigenvalue weighted by Gasteiger charge is -2.04. The Morgan fingerprint density at radius 1 is 0.950 bits per heavy atom. The van der Waals surface area contributed by atoms with Crippen molar-refractivity contribution in [3.63, 3.8) is 0 Å². The average molecular weight is 270 g/mol. The summed E-state index contributed by atoms with van der Waals surface area (Å²) in [5.41, 5.74) is 0.893. The average Bonchev–Trinajstić information content (AvgIpc) is 2.39. The van der Waals surface area contributed by atoms with Gasteiger partial charge in [-0.15, -0.1) is 0 Å². The number of phenolic OH excluding ortho intramolecular Hbond substituents is 2. The first-order chi connectivity index (χ1) is 9.56. The number of aromatic hydroxyl groups is 2. The van der Waals surface area contributed by atoms with Crippen LogP contribution < -0.4 is 0 Å². The minimum atomic E-state index is -0.455. The van der Waals surface area contributed by atoms with Gasteiger partial charge in [0.15, 0.2) is 5.78 Å². The largest absolute Gasteiger partial charge is 0.508 e. The second kappa shape index (κ2) is 6.02. The van der Waals surface area contributed by atoms with Gasteiger partial charge in [0.1, 0.15) is 17.3 Å². The van der Waals surface area contributed by atoms with Crippen molar-refractivity contribution < 1.29 is 19.8 Å². The Morgan fingerprint density at radius 2 is 1.65 bits per heavy atom. The van der Waals surface area contributed by atoms with Crippen LogP contribution in [0.4, 0.5) is 0 Å². The van der Waals surface area contributed by atoms with Crippen LogP contribution in [0.5, 0.6) is 11.5 Å². The molecular formula is C16H14O4. The van der Waals surface area contributed by atoms with Crippen molar-refractivity contribution in [2.75, 3.05) is 0 Å². The van der Waals surface area contributed by atoms with Crippen molar-refractivity contribution in [1.82, 2.24) is 0 Å². The highest BCUT2D eigenvalue weighted by Gasteiger charge is 2.16. The lowest BCUT2D eigenvalue weighted by Crippen LogP contribution is -2.10. The fourth-order valence-corrected chi connectivity index (χ4v) is 1.92. The molecule has 0 aliphatic rings. The van der Waals surface area contributed by atoms with Gasteiger partial charge in [-0.05, 0) is 17.7 Å². The van der Waals surface area contributed by atoms with Crippen molar-refractivity contribution in [2.45, 2.75) is 12.8 Å². The summed E-state index contributed by atoms with van der Waals surface area (Å²) in [5, 5.41) is 18.7. The van der Waals surface area contributed by atoms with E-state index in [1.165, 1.54) is 12.1 Å². The van der Waals surface area contributed by atoms with Gasteiger partial charge < -0.3 is 10.2 Å². The van der Waals surface area contributed by atoms with Crippen molar-refractivity contribution in [3.8, 4) is 11.5 Å². The Morgan fingerprint density at radius 3 is 2.30 bits per heavy atom. The minimum Gasteiger partial charge on any atom is -0.508 e. The zero-order valence-electron chi connectivity index (χ0n) is 10.7. The first-order valence-corrected chi connectivity index (χ1v) is 6.17. The molecule has 4 nitrogen and oxygen atoms in total. The maximum atomic E-state index is 11.9. The third-order valence-corrected chi connectivity index (χ3v) is 2.88. The van der Waals surface area contributed by atoms with Crippen molar-refractivity contribution >= 4 is 11.6 Å². The standard InChI is InChI=1S/C16H14O4/c17-12-6-7-14(15(19)9-12)16(20)10-13(18)8-11-4-2-1-3-5-11/h1-7,9,17,19H,8,10H2. The van der Waals surface area contributed by atoms with E-state index in [1.807, 2.05) is 30.3 Å². The zero-order valence-corrected chi connectivity index (χ0v) is 10.7. The smallest absolute Gasteiger partial charge is 0.173 e. The molecule has 2 aromatic carbocycles. The van der Waals surface area contributed by atoms with Gasteiger partial charge in [-0.1, -0.05) is 30.3 Å². The fourth-order valence-electron chi connectivity index (χ4n) is 1.92. The third kappa shape index (κ3) is 3.45. The molecule has 0 amide bonds. The van der Waals surface area contributed by atoms with Gasteiger partial charge in [0.2, 0.25) is 0 Å². The normalized spacial score (nSPS) is 10.2. The first-order valence-electron chi connectivity index (χ1n) is 6.17. The first kappa shape index (κ1) is 13.8. The quantitative estimate of drug-likeness (QED) is 0.646. The molecule has 2 rings (SSSR count). The molecule has 2 aromatic rings. The predicted octanol–water partition coefficient (Wildman–Crippen LogP) is 2.48. The number of phenols is 2. The van der Waals surface area contributed by atoms with Crippen LogP contribution in [0, 0.1) is 0 Å². The second-order valence-corrected chi connectivity index (χ2v) is 4.50. The molecule has 0 aliphatic carbocycles. The molecule has 0 atom stereocenters. The van der Waals surface area contributed by atoms with Crippen molar-refractivity contribution in [3.05, 3.63) is 59.7 Å². The second-order valence-electron chi connectivity index (χ2n) is 4.50. The summed E-state index contributed by atoms with van der Waals surface area (Å²) in [4.78, 5) is 23.7. The SMILES string of the molecule is O=C(CC(=O)c1ccc(O)cc1O)Cc1ccccc1. The van der Waals surface area contributed by atoms with E-state index in [-0.39, 0.29) is 35.7 Å². The highest BCUT2D eigenvalue weighted by atomic mass is 16.3. The molecule has 0 radical (unpaired) electrons. The summed E-state index contributed by atoms with van der Waals surface area (Å²) in [6, 6.07) is 12.8. The van der Waals surface area contributed by atoms with Crippen molar-refractivity contribution in [1.29, 1.82) is 0 Å². The monoisotopic (exact) mass is 270 g/mol. The number of carbonyl (C=O) groups excluding carboxylic acids is 2. The van der Waals surface area contributed by atoms with E-state index in [2.05, 4.69) is 0 Å². The molecular weight excluding hydrogens is 256 g/mol. The Bertz CT molecular complexity index is 632. The number of Topliss-reactive ketones (excluding diaryl/α,β-unsaturated/α-hetero) is 2. The van der Waals surface area contributed by atoms with E-state index in [0.717, 1.165) is 11.6 Å². The molecule has 0 fully saturated rings. The number of hydrogen-bond acceptors (Lipinski definition) is 4. The summed E-state index contributed by atoms with van der Waals surface area (Å²) in [7, 11) is 0. The third-order valence-electron chi connectivity index (χ3n) is 2.88. The van der Waals surface area contributed by atoms with E-state index >= 15 is 0 Å². The molecule has 20 heavy (non-hydrogen) atoms. The topological polar surface area (TPSA) is 74.6 Å². The van der Waals surface area contributed by atoms with Gasteiger partial charge in [-0.2, -0.15) is 0 Å². The maximum absolute atomic E-state index is 11.9. The lowest BCUT2D eigenvalue weighted by atomic mass is 10.0. The van der Waals surface area contributed by atoms with Crippen LogP contribution in [0.15, 0.2) is 48.5 Å². The van der Waals surface area contributed by atoms with Gasteiger partial charge in [-0.3, -0.25) is 9.59 Å². The summed E-state index contributed by atoms with van der Waals surface area (Å²) in [6.07, 6.45) is -0.0847. The highest BCUT2D eigenvalue weighted by Crippen LogP contribution is 2.23. The number of ketones is 2. The van der Waals surface area contributed by atoms with Crippen LogP contribution in [0.3, 0.4) is 0 Å². The zero-order chi connectivity index (χ0) is 14.5. The lowest BCUT2D eigenvalue weighted by molar-refractivity contribution is -0.117. The number of rotatable bonds is 5. The van der Waals surface area contributed by atoms with Crippen LogP contribution in [-0.2, 0) is 11.2 Å². The van der Waals surface area contributed by atoms with Crippen LogP contribution >= 0.6 is 0 Å². The molecule has 0 unspecified atom stereocenters. The predicted molar refractivity (Wildman–Crippen MR) is 73.9 cm³/mol. The van der Waals surface area contributed by atoms with Crippen LogP contribution in [0.2, 0.25) is 0 Å². The van der Waals surface area contributed by atoms with Gasteiger partial charge in [0, 0.05) is 12.5 Å². The fraction of sp³-hybridized carbons (Fsp3) is 0.125. The molecule has 2 N–H and O–H groups in total. The van der Waals surface area contributed by atoms with E-state index in [4.69, 9.17) is 5.11 Å². The van der Waals surface area contributed by atoms with E-state index in [9.17, 15) is 14.7 Å². The Kier molecular flexibility index (Phi) is 4.15. The van der Waals surface area contributed by atoms with Gasteiger partial charge in [0.25, 0.3) is 0 Å². The molecule has 0 saturated heterocycles. The maximum Gasteiger partial charge on any atom is 0.173 e. The van der Waals surface area contributed by atoms with Crippen LogP contribution in [0.25, 0.3) is 0 Å². The van der Waals surface area contributed by atoms with Gasteiger partial charge in [-0.25, -0.2) is 0 Å². The molecule has 0 bridgehead atoms. The summed E-state index contributed by atoms with van der Waals surface area (Å²) in [6.45, 7) is 0. The van der Waals surface area contributed by atoms with Crippen LogP contribution in [0.1, 0.15) is 22.3 Å². The van der Waals surface area contributed by atoms with E-state index < -0.39 is 5.78 Å². The van der Waals surface area contributed by atoms with Crippen LogP contribution in [-0.4, -0.2) is 21.8 Å². The summed E-state index contributed by atoms with van der Waals surface area (Å²) in [5.74, 6) is -1.12. The molecule has 4 heteroatoms. The summed E-state index contributed by atoms with van der Waals surface area (Å²) < 4.78 is 0. The molecule has 0 heterocycles. The molecule has 102 valence electrons. The number of hydrogen-bond donors (Lipinski definition) is 2. The molecule has 0 saturated carbocycles. The van der Waals surface area contributed by atoms with E-state index in [0.29, 0.717) is 0 Å². The number of benzene rings is 2. The molecule has 0 aromatic heterocycles. The van der Waals surface area contributed by atoms with Crippen molar-refractivity contribution in [2.24, 2.45) is 0 Å². The van der Waals surface area contributed by atoms with Gasteiger partial charge in [0.05, 0.1) is 12.0 Å². The number of carbonyl (C=O) groups is 2. The molecule has 0 spiro atoms. The highest BCUT2D eigenvalue weighted by molar-refractivity contribution is 6.09. The van der Waals surface area contributed by atoms with E-state index in [1.54, 1.807) is 0 Å². The Hall–Kier alpha value is -2.62. The summed E-state index contributed by atoms with van der Waals surface area (Å²) >= 11 is 0. The molecule has 0 aliphatic heterocycles.